The quantitative estimate of drug-likeness (QED) is 0.621. The number of rotatable bonds is 11. The third-order valence-electron chi connectivity index (χ3n) is 4.73. The highest BCUT2D eigenvalue weighted by atomic mass is 16.5. The first-order valence-electron chi connectivity index (χ1n) is 9.42. The van der Waals surface area contributed by atoms with Gasteiger partial charge in [-0.2, -0.15) is 0 Å². The summed E-state index contributed by atoms with van der Waals surface area (Å²) in [5.74, 6) is 1.53. The Morgan fingerprint density at radius 1 is 1.04 bits per heavy atom. The number of methoxy groups -OCH3 is 2. The Balaban J connectivity index is 1.78. The van der Waals surface area contributed by atoms with Crippen LogP contribution in [-0.4, -0.2) is 52.7 Å². The molecular weight excluding hydrogens is 318 g/mol. The Kier molecular flexibility index (Phi) is 9.08. The highest BCUT2D eigenvalue weighted by Crippen LogP contribution is 2.28. The third-order valence-corrected chi connectivity index (χ3v) is 4.73. The molecule has 0 saturated heterocycles. The van der Waals surface area contributed by atoms with Crippen molar-refractivity contribution < 1.29 is 18.9 Å². The molecule has 0 radical (unpaired) electrons. The van der Waals surface area contributed by atoms with E-state index in [1.807, 2.05) is 19.1 Å². The summed E-state index contributed by atoms with van der Waals surface area (Å²) < 4.78 is 22.3. The number of ether oxygens (including phenoxy) is 4. The largest absolute Gasteiger partial charge is 0.493 e. The number of hydrogen-bond donors (Lipinski definition) is 1. The zero-order valence-corrected chi connectivity index (χ0v) is 15.9. The van der Waals surface area contributed by atoms with E-state index >= 15 is 0 Å². The SMILES string of the molecule is CCOCCN[C@@H]1CCCCC1OCCc1ccc(OC)c(OC)c1. The highest BCUT2D eigenvalue weighted by Gasteiger charge is 2.25. The van der Waals surface area contributed by atoms with Crippen LogP contribution in [0.1, 0.15) is 38.2 Å². The van der Waals surface area contributed by atoms with Gasteiger partial charge in [-0.25, -0.2) is 0 Å². The Morgan fingerprint density at radius 3 is 2.60 bits per heavy atom. The van der Waals surface area contributed by atoms with Crippen molar-refractivity contribution >= 4 is 0 Å². The molecule has 0 bridgehead atoms. The summed E-state index contributed by atoms with van der Waals surface area (Å²) in [6.45, 7) is 5.20. The highest BCUT2D eigenvalue weighted by molar-refractivity contribution is 5.42. The van der Waals surface area contributed by atoms with E-state index in [-0.39, 0.29) is 0 Å². The topological polar surface area (TPSA) is 49.0 Å². The maximum Gasteiger partial charge on any atom is 0.160 e. The molecule has 25 heavy (non-hydrogen) atoms. The van der Waals surface area contributed by atoms with Gasteiger partial charge in [0.05, 0.1) is 33.5 Å². The Morgan fingerprint density at radius 2 is 1.84 bits per heavy atom. The minimum absolute atomic E-state index is 0.301. The van der Waals surface area contributed by atoms with Crippen LogP contribution in [0.5, 0.6) is 11.5 Å². The van der Waals surface area contributed by atoms with Crippen LogP contribution in [0, 0.1) is 0 Å². The van der Waals surface area contributed by atoms with E-state index in [1.54, 1.807) is 14.2 Å². The molecule has 2 rings (SSSR count). The predicted octanol–water partition coefficient (Wildman–Crippen LogP) is 3.20. The molecule has 0 spiro atoms. The first-order chi connectivity index (χ1) is 12.3. The van der Waals surface area contributed by atoms with Crippen LogP contribution < -0.4 is 14.8 Å². The van der Waals surface area contributed by atoms with Gasteiger partial charge in [-0.15, -0.1) is 0 Å². The van der Waals surface area contributed by atoms with Crippen molar-refractivity contribution in [2.75, 3.05) is 40.6 Å². The van der Waals surface area contributed by atoms with E-state index in [2.05, 4.69) is 11.4 Å². The zero-order valence-electron chi connectivity index (χ0n) is 15.9. The first-order valence-corrected chi connectivity index (χ1v) is 9.42. The maximum absolute atomic E-state index is 6.21. The molecule has 1 aliphatic carbocycles. The van der Waals surface area contributed by atoms with Crippen LogP contribution in [0.25, 0.3) is 0 Å². The summed E-state index contributed by atoms with van der Waals surface area (Å²) in [7, 11) is 3.32. The second-order valence-electron chi connectivity index (χ2n) is 6.39. The molecule has 2 atom stereocenters. The summed E-state index contributed by atoms with van der Waals surface area (Å²) in [5, 5.41) is 3.60. The molecule has 5 nitrogen and oxygen atoms in total. The van der Waals surface area contributed by atoms with Gasteiger partial charge in [-0.3, -0.25) is 0 Å². The second kappa shape index (κ2) is 11.3. The van der Waals surface area contributed by atoms with Crippen LogP contribution in [0.2, 0.25) is 0 Å². The minimum Gasteiger partial charge on any atom is -0.493 e. The smallest absolute Gasteiger partial charge is 0.160 e. The number of hydrogen-bond acceptors (Lipinski definition) is 5. The maximum atomic E-state index is 6.21. The molecule has 1 N–H and O–H groups in total. The fraction of sp³-hybridized carbons (Fsp3) is 0.700. The van der Waals surface area contributed by atoms with E-state index < -0.39 is 0 Å². The van der Waals surface area contributed by atoms with Crippen molar-refractivity contribution in [3.63, 3.8) is 0 Å². The monoisotopic (exact) mass is 351 g/mol. The molecule has 142 valence electrons. The van der Waals surface area contributed by atoms with Gasteiger partial charge in [0.15, 0.2) is 11.5 Å². The lowest BCUT2D eigenvalue weighted by Crippen LogP contribution is -2.45. The van der Waals surface area contributed by atoms with E-state index in [0.717, 1.165) is 50.7 Å². The lowest BCUT2D eigenvalue weighted by molar-refractivity contribution is 0.00473. The van der Waals surface area contributed by atoms with E-state index in [4.69, 9.17) is 18.9 Å². The predicted molar refractivity (Wildman–Crippen MR) is 99.7 cm³/mol. The van der Waals surface area contributed by atoms with E-state index in [0.29, 0.717) is 12.1 Å². The van der Waals surface area contributed by atoms with Crippen molar-refractivity contribution in [3.8, 4) is 11.5 Å². The van der Waals surface area contributed by atoms with Gasteiger partial charge >= 0.3 is 0 Å². The lowest BCUT2D eigenvalue weighted by atomic mass is 9.92. The molecule has 5 heteroatoms. The fourth-order valence-corrected chi connectivity index (χ4v) is 3.35. The van der Waals surface area contributed by atoms with Crippen LogP contribution in [0.4, 0.5) is 0 Å². The van der Waals surface area contributed by atoms with Crippen LogP contribution in [0.3, 0.4) is 0 Å². The van der Waals surface area contributed by atoms with Crippen molar-refractivity contribution in [1.82, 2.24) is 5.32 Å². The molecular formula is C20H33NO4. The van der Waals surface area contributed by atoms with Gasteiger partial charge in [0.25, 0.3) is 0 Å². The summed E-state index contributed by atoms with van der Waals surface area (Å²) in [5.41, 5.74) is 1.20. The lowest BCUT2D eigenvalue weighted by Gasteiger charge is -2.32. The van der Waals surface area contributed by atoms with E-state index in [9.17, 15) is 0 Å². The fourth-order valence-electron chi connectivity index (χ4n) is 3.35. The van der Waals surface area contributed by atoms with Crippen LogP contribution in [-0.2, 0) is 15.9 Å². The number of benzene rings is 1. The molecule has 0 aliphatic heterocycles. The van der Waals surface area contributed by atoms with Crippen molar-refractivity contribution in [2.45, 2.75) is 51.2 Å². The van der Waals surface area contributed by atoms with Gasteiger partial charge in [0.1, 0.15) is 0 Å². The van der Waals surface area contributed by atoms with Crippen LogP contribution >= 0.6 is 0 Å². The van der Waals surface area contributed by atoms with Crippen molar-refractivity contribution in [2.24, 2.45) is 0 Å². The zero-order chi connectivity index (χ0) is 17.9. The van der Waals surface area contributed by atoms with E-state index in [1.165, 1.54) is 24.8 Å². The van der Waals surface area contributed by atoms with Gasteiger partial charge in [0, 0.05) is 19.2 Å². The molecule has 1 aromatic rings. The number of nitrogens with one attached hydrogen (secondary N) is 1. The third kappa shape index (κ3) is 6.49. The molecule has 1 aliphatic rings. The second-order valence-corrected chi connectivity index (χ2v) is 6.39. The van der Waals surface area contributed by atoms with Gasteiger partial charge in [-0.05, 0) is 43.9 Å². The molecule has 0 heterocycles. The average molecular weight is 351 g/mol. The first kappa shape index (κ1) is 20.0. The Hall–Kier alpha value is -1.30. The Labute approximate surface area is 152 Å². The molecule has 1 aromatic carbocycles. The van der Waals surface area contributed by atoms with Gasteiger partial charge in [0.2, 0.25) is 0 Å². The van der Waals surface area contributed by atoms with Gasteiger partial charge in [-0.1, -0.05) is 18.9 Å². The molecule has 0 amide bonds. The average Bonchev–Trinajstić information content (AvgIpc) is 2.66. The van der Waals surface area contributed by atoms with Crippen molar-refractivity contribution in [3.05, 3.63) is 23.8 Å². The molecule has 1 saturated carbocycles. The van der Waals surface area contributed by atoms with Crippen molar-refractivity contribution in [1.29, 1.82) is 0 Å². The summed E-state index contributed by atoms with van der Waals surface area (Å²) in [6.07, 6.45) is 6.04. The summed E-state index contributed by atoms with van der Waals surface area (Å²) >= 11 is 0. The van der Waals surface area contributed by atoms with Crippen LogP contribution in [0.15, 0.2) is 18.2 Å². The molecule has 1 fully saturated rings. The summed E-state index contributed by atoms with van der Waals surface area (Å²) in [4.78, 5) is 0. The van der Waals surface area contributed by atoms with Gasteiger partial charge < -0.3 is 24.3 Å². The minimum atomic E-state index is 0.301. The molecule has 0 aromatic heterocycles. The summed E-state index contributed by atoms with van der Waals surface area (Å²) in [6, 6.07) is 6.50. The Bertz CT molecular complexity index is 495. The molecule has 1 unspecified atom stereocenters. The standard InChI is InChI=1S/C20H33NO4/c1-4-24-14-12-21-17-7-5-6-8-18(17)25-13-11-16-9-10-19(22-2)20(15-16)23-3/h9-10,15,17-18,21H,4-8,11-14H2,1-3H3/t17-,18?/m1/s1. The normalized spacial score (nSPS) is 20.4.